The van der Waals surface area contributed by atoms with E-state index in [-0.39, 0.29) is 22.4 Å². The van der Waals surface area contributed by atoms with E-state index in [2.05, 4.69) is 12.2 Å². The van der Waals surface area contributed by atoms with Crippen molar-refractivity contribution in [1.29, 1.82) is 0 Å². The number of hydrogen-bond donors (Lipinski definition) is 4. The van der Waals surface area contributed by atoms with Crippen LogP contribution in [0.25, 0.3) is 0 Å². The molecule has 7 heteroatoms. The number of unbranched alkanes of at least 4 members (excludes halogenated alkanes) is 2. The molecule has 0 amide bonds. The molecule has 0 fully saturated rings. The molecule has 0 saturated carbocycles. The van der Waals surface area contributed by atoms with Gasteiger partial charge in [0.1, 0.15) is 4.90 Å². The van der Waals surface area contributed by atoms with Crippen molar-refractivity contribution in [3.63, 3.8) is 0 Å². The minimum Gasteiger partial charge on any atom is -0.399 e. The van der Waals surface area contributed by atoms with E-state index in [1.54, 1.807) is 6.07 Å². The van der Waals surface area contributed by atoms with Crippen LogP contribution in [-0.2, 0) is 10.1 Å². The lowest BCUT2D eigenvalue weighted by Gasteiger charge is -2.17. The van der Waals surface area contributed by atoms with E-state index in [1.807, 2.05) is 0 Å². The van der Waals surface area contributed by atoms with Gasteiger partial charge < -0.3 is 16.8 Å². The highest BCUT2D eigenvalue weighted by atomic mass is 32.2. The first-order valence-corrected chi connectivity index (χ1v) is 7.67. The van der Waals surface area contributed by atoms with E-state index in [4.69, 9.17) is 16.0 Å². The molecule has 0 spiro atoms. The molecule has 1 rings (SSSR count). The maximum absolute atomic E-state index is 11.3. The molecule has 1 atom stereocenters. The lowest BCUT2D eigenvalue weighted by atomic mass is 10.1. The molecule has 0 aliphatic rings. The van der Waals surface area contributed by atoms with Crippen LogP contribution < -0.4 is 16.8 Å². The number of nitrogens with one attached hydrogen (secondary N) is 1. The van der Waals surface area contributed by atoms with E-state index in [1.165, 1.54) is 12.1 Å². The predicted octanol–water partition coefficient (Wildman–Crippen LogP) is 1.79. The third kappa shape index (κ3) is 5.06. The first-order chi connectivity index (χ1) is 8.84. The van der Waals surface area contributed by atoms with Gasteiger partial charge in [-0.15, -0.1) is 0 Å². The van der Waals surface area contributed by atoms with E-state index in [0.29, 0.717) is 0 Å². The van der Waals surface area contributed by atoms with Crippen molar-refractivity contribution in [3.05, 3.63) is 18.2 Å². The fourth-order valence-corrected chi connectivity index (χ4v) is 2.45. The Morgan fingerprint density at radius 2 is 2.05 bits per heavy atom. The molecule has 0 bridgehead atoms. The van der Waals surface area contributed by atoms with E-state index in [0.717, 1.165) is 25.7 Å². The SMILES string of the molecule is CCCCCC(N)Nc1ccc(N)cc1S(=O)(=O)O. The van der Waals surface area contributed by atoms with E-state index >= 15 is 0 Å². The number of nitrogen functional groups attached to an aromatic ring is 1. The Morgan fingerprint density at radius 3 is 2.63 bits per heavy atom. The van der Waals surface area contributed by atoms with Gasteiger partial charge in [-0.05, 0) is 24.6 Å². The molecule has 0 aliphatic carbocycles. The standard InChI is InChI=1S/C12H21N3O3S/c1-2-3-4-5-12(14)15-10-7-6-9(13)8-11(10)19(16,17)18/h6-8,12,15H,2-5,13-14H2,1H3,(H,16,17,18). The molecule has 1 aromatic rings. The van der Waals surface area contributed by atoms with E-state index < -0.39 is 10.1 Å². The molecule has 0 aromatic heterocycles. The molecule has 108 valence electrons. The summed E-state index contributed by atoms with van der Waals surface area (Å²) in [6.07, 6.45) is 3.48. The van der Waals surface area contributed by atoms with Crippen molar-refractivity contribution in [2.24, 2.45) is 5.73 Å². The summed E-state index contributed by atoms with van der Waals surface area (Å²) in [4.78, 5) is -0.251. The van der Waals surface area contributed by atoms with Gasteiger partial charge in [-0.2, -0.15) is 8.42 Å². The van der Waals surface area contributed by atoms with Gasteiger partial charge >= 0.3 is 0 Å². The number of nitrogens with two attached hydrogens (primary N) is 2. The molecule has 0 radical (unpaired) electrons. The summed E-state index contributed by atoms with van der Waals surface area (Å²) >= 11 is 0. The van der Waals surface area contributed by atoms with Crippen LogP contribution in [0.1, 0.15) is 32.6 Å². The molecule has 0 heterocycles. The minimum atomic E-state index is -4.32. The van der Waals surface area contributed by atoms with Gasteiger partial charge in [0.15, 0.2) is 0 Å². The third-order valence-corrected chi connectivity index (χ3v) is 3.64. The summed E-state index contributed by atoms with van der Waals surface area (Å²) in [7, 11) is -4.32. The highest BCUT2D eigenvalue weighted by Gasteiger charge is 2.17. The zero-order valence-corrected chi connectivity index (χ0v) is 11.8. The summed E-state index contributed by atoms with van der Waals surface area (Å²) < 4.78 is 31.7. The molecule has 1 aromatic carbocycles. The topological polar surface area (TPSA) is 118 Å². The van der Waals surface area contributed by atoms with Crippen molar-refractivity contribution in [3.8, 4) is 0 Å². The Labute approximate surface area is 113 Å². The van der Waals surface area contributed by atoms with Gasteiger partial charge in [0, 0.05) is 5.69 Å². The second-order valence-electron chi connectivity index (χ2n) is 4.48. The monoisotopic (exact) mass is 287 g/mol. The largest absolute Gasteiger partial charge is 0.399 e. The van der Waals surface area contributed by atoms with Crippen molar-refractivity contribution in [2.45, 2.75) is 43.7 Å². The summed E-state index contributed by atoms with van der Waals surface area (Å²) in [5, 5.41) is 2.89. The molecular formula is C12H21N3O3S. The number of rotatable bonds is 7. The Bertz CT molecular complexity index is 517. The second kappa shape index (κ2) is 6.74. The molecule has 6 nitrogen and oxygen atoms in total. The Hall–Kier alpha value is -1.31. The number of anilines is 2. The van der Waals surface area contributed by atoms with E-state index in [9.17, 15) is 8.42 Å². The van der Waals surface area contributed by atoms with Gasteiger partial charge in [0.05, 0.1) is 11.9 Å². The highest BCUT2D eigenvalue weighted by molar-refractivity contribution is 7.86. The smallest absolute Gasteiger partial charge is 0.296 e. The Kier molecular flexibility index (Phi) is 5.59. The maximum Gasteiger partial charge on any atom is 0.296 e. The van der Waals surface area contributed by atoms with Crippen LogP contribution in [0.15, 0.2) is 23.1 Å². The Balaban J connectivity index is 2.83. The van der Waals surface area contributed by atoms with Crippen LogP contribution >= 0.6 is 0 Å². The summed E-state index contributed by atoms with van der Waals surface area (Å²) in [5.41, 5.74) is 11.9. The van der Waals surface area contributed by atoms with Crippen LogP contribution in [0, 0.1) is 0 Å². The van der Waals surface area contributed by atoms with Gasteiger partial charge in [-0.25, -0.2) is 0 Å². The van der Waals surface area contributed by atoms with Gasteiger partial charge in [0.25, 0.3) is 10.1 Å². The highest BCUT2D eigenvalue weighted by Crippen LogP contribution is 2.24. The molecule has 1 unspecified atom stereocenters. The van der Waals surface area contributed by atoms with Crippen LogP contribution in [0.4, 0.5) is 11.4 Å². The van der Waals surface area contributed by atoms with Crippen LogP contribution in [0.2, 0.25) is 0 Å². The van der Waals surface area contributed by atoms with Crippen LogP contribution in [0.5, 0.6) is 0 Å². The fourth-order valence-electron chi connectivity index (χ4n) is 1.76. The average molecular weight is 287 g/mol. The fraction of sp³-hybridized carbons (Fsp3) is 0.500. The summed E-state index contributed by atoms with van der Waals surface area (Å²) in [6.45, 7) is 2.09. The van der Waals surface area contributed by atoms with Gasteiger partial charge in [-0.1, -0.05) is 26.2 Å². The lowest BCUT2D eigenvalue weighted by Crippen LogP contribution is -2.30. The average Bonchev–Trinajstić information content (AvgIpc) is 2.30. The molecular weight excluding hydrogens is 266 g/mol. The minimum absolute atomic E-state index is 0.251. The zero-order chi connectivity index (χ0) is 14.5. The Morgan fingerprint density at radius 1 is 1.37 bits per heavy atom. The van der Waals surface area contributed by atoms with Crippen molar-refractivity contribution in [1.82, 2.24) is 0 Å². The maximum atomic E-state index is 11.3. The van der Waals surface area contributed by atoms with Crippen LogP contribution in [-0.4, -0.2) is 19.1 Å². The van der Waals surface area contributed by atoms with Crippen molar-refractivity contribution < 1.29 is 13.0 Å². The van der Waals surface area contributed by atoms with Gasteiger partial charge in [-0.3, -0.25) is 4.55 Å². The van der Waals surface area contributed by atoms with Crippen molar-refractivity contribution >= 4 is 21.5 Å². The normalized spacial score (nSPS) is 13.2. The molecule has 0 saturated heterocycles. The first-order valence-electron chi connectivity index (χ1n) is 6.23. The second-order valence-corrected chi connectivity index (χ2v) is 5.87. The molecule has 6 N–H and O–H groups in total. The lowest BCUT2D eigenvalue weighted by molar-refractivity contribution is 0.483. The first kappa shape index (κ1) is 15.7. The quantitative estimate of drug-likeness (QED) is 0.263. The predicted molar refractivity (Wildman–Crippen MR) is 76.4 cm³/mol. The zero-order valence-electron chi connectivity index (χ0n) is 11.0. The molecule has 0 aliphatic heterocycles. The molecule has 19 heavy (non-hydrogen) atoms. The number of benzene rings is 1. The number of hydrogen-bond acceptors (Lipinski definition) is 5. The van der Waals surface area contributed by atoms with Crippen molar-refractivity contribution in [2.75, 3.05) is 11.1 Å². The van der Waals surface area contributed by atoms with Crippen LogP contribution in [0.3, 0.4) is 0 Å². The summed E-state index contributed by atoms with van der Waals surface area (Å²) in [6, 6.07) is 4.25. The third-order valence-electron chi connectivity index (χ3n) is 2.74. The van der Waals surface area contributed by atoms with Gasteiger partial charge in [0.2, 0.25) is 0 Å². The summed E-state index contributed by atoms with van der Waals surface area (Å²) in [5.74, 6) is 0.